The number of furan rings is 1. The van der Waals surface area contributed by atoms with Crippen LogP contribution >= 0.6 is 0 Å². The fourth-order valence-electron chi connectivity index (χ4n) is 2.86. The molecule has 0 aliphatic carbocycles. The number of carbonyl (C=O) groups is 2. The molecule has 2 heterocycles. The predicted molar refractivity (Wildman–Crippen MR) is 95.3 cm³/mol. The van der Waals surface area contributed by atoms with Crippen LogP contribution in [0, 0.1) is 0 Å². The van der Waals surface area contributed by atoms with Crippen LogP contribution in [-0.2, 0) is 15.8 Å². The largest absolute Gasteiger partial charge is 0.478 e. The molecule has 0 spiro atoms. The molecule has 1 fully saturated rings. The van der Waals surface area contributed by atoms with Gasteiger partial charge in [0.15, 0.2) is 5.58 Å². The first-order chi connectivity index (χ1) is 13.1. The van der Waals surface area contributed by atoms with Crippen LogP contribution in [-0.4, -0.2) is 47.8 Å². The summed E-state index contributed by atoms with van der Waals surface area (Å²) in [6, 6.07) is 4.25. The molecule has 3 N–H and O–H groups in total. The minimum atomic E-state index is -4.37. The molecule has 1 aliphatic rings. The molecule has 28 heavy (non-hydrogen) atoms. The Bertz CT molecular complexity index is 860. The summed E-state index contributed by atoms with van der Waals surface area (Å²) >= 11 is 0. The maximum Gasteiger partial charge on any atom is 0.417 e. The lowest BCUT2D eigenvalue weighted by molar-refractivity contribution is -0.136. The molecule has 1 aromatic heterocycles. The number of nitrogens with one attached hydrogen (secondary N) is 1. The zero-order valence-corrected chi connectivity index (χ0v) is 14.9. The van der Waals surface area contributed by atoms with E-state index in [0.29, 0.717) is 17.7 Å². The molecule has 0 unspecified atom stereocenters. The van der Waals surface area contributed by atoms with Crippen LogP contribution in [0.5, 0.6) is 0 Å². The van der Waals surface area contributed by atoms with Gasteiger partial charge in [0, 0.05) is 43.2 Å². The minimum absolute atomic E-state index is 0.126. The van der Waals surface area contributed by atoms with Crippen molar-refractivity contribution < 1.29 is 37.4 Å². The number of alkyl halides is 3. The number of anilines is 1. The average Bonchev–Trinajstić information content (AvgIpc) is 3.09. The van der Waals surface area contributed by atoms with E-state index >= 15 is 0 Å². The number of nitrogens with zero attached hydrogens (tertiary/aromatic N) is 1. The average molecular weight is 400 g/mol. The molecular weight excluding hydrogens is 381 g/mol. The van der Waals surface area contributed by atoms with Gasteiger partial charge >= 0.3 is 18.1 Å². The van der Waals surface area contributed by atoms with Crippen LogP contribution in [0.1, 0.15) is 12.5 Å². The predicted octanol–water partition coefficient (Wildman–Crippen LogP) is 2.96. The molecule has 1 atom stereocenters. The molecule has 3 rings (SSSR count). The van der Waals surface area contributed by atoms with E-state index in [0.717, 1.165) is 31.4 Å². The standard InChI is InChI=1S/C14H15F3N2O.C4H4O4/c1-9-8-18-5-6-19(9)12-3-2-11(14(15,16)17)10-4-7-20-13(10)12;5-3(6)1-2-4(7)8/h2-4,7,9,18H,5-6,8H2,1H3;1-2H,(H,5,6)(H,7,8)/t9-;/m0./s1. The van der Waals surface area contributed by atoms with Crippen molar-refractivity contribution in [3.05, 3.63) is 42.2 Å². The normalized spacial score (nSPS) is 17.4. The van der Waals surface area contributed by atoms with Crippen LogP contribution in [0.4, 0.5) is 18.9 Å². The molecule has 1 saturated heterocycles. The Morgan fingerprint density at radius 3 is 2.39 bits per heavy atom. The Hall–Kier alpha value is -3.01. The smallest absolute Gasteiger partial charge is 0.417 e. The maximum atomic E-state index is 13.0. The number of aliphatic carboxylic acids is 2. The molecule has 0 bridgehead atoms. The number of halogens is 3. The van der Waals surface area contributed by atoms with Crippen molar-refractivity contribution in [3.63, 3.8) is 0 Å². The molecule has 1 aliphatic heterocycles. The van der Waals surface area contributed by atoms with Gasteiger partial charge in [-0.15, -0.1) is 0 Å². The summed E-state index contributed by atoms with van der Waals surface area (Å²) in [6.07, 6.45) is -1.93. The van der Waals surface area contributed by atoms with Crippen molar-refractivity contribution in [1.82, 2.24) is 5.32 Å². The first-order valence-electron chi connectivity index (χ1n) is 8.30. The van der Waals surface area contributed by atoms with Crippen molar-refractivity contribution in [3.8, 4) is 0 Å². The maximum absolute atomic E-state index is 13.0. The van der Waals surface area contributed by atoms with E-state index in [4.69, 9.17) is 14.6 Å². The number of hydrogen-bond donors (Lipinski definition) is 3. The summed E-state index contributed by atoms with van der Waals surface area (Å²) < 4.78 is 44.3. The fraction of sp³-hybridized carbons (Fsp3) is 0.333. The van der Waals surface area contributed by atoms with Crippen LogP contribution in [0.15, 0.2) is 41.0 Å². The Morgan fingerprint density at radius 1 is 1.21 bits per heavy atom. The summed E-state index contributed by atoms with van der Waals surface area (Å²) in [5.41, 5.74) is 0.397. The Balaban J connectivity index is 0.000000300. The minimum Gasteiger partial charge on any atom is -0.478 e. The quantitative estimate of drug-likeness (QED) is 0.681. The third-order valence-electron chi connectivity index (χ3n) is 4.08. The highest BCUT2D eigenvalue weighted by Crippen LogP contribution is 2.39. The summed E-state index contributed by atoms with van der Waals surface area (Å²) in [5.74, 6) is -2.51. The van der Waals surface area contributed by atoms with Crippen LogP contribution < -0.4 is 10.2 Å². The van der Waals surface area contributed by atoms with Gasteiger partial charge in [-0.2, -0.15) is 13.2 Å². The van der Waals surface area contributed by atoms with Gasteiger partial charge in [0.05, 0.1) is 17.5 Å². The van der Waals surface area contributed by atoms with E-state index in [2.05, 4.69) is 10.2 Å². The molecule has 0 saturated carbocycles. The monoisotopic (exact) mass is 400 g/mol. The molecular formula is C18H19F3N2O5. The van der Waals surface area contributed by atoms with Gasteiger partial charge in [0.25, 0.3) is 0 Å². The highest BCUT2D eigenvalue weighted by molar-refractivity contribution is 5.92. The first kappa shape index (κ1) is 21.3. The third-order valence-corrected chi connectivity index (χ3v) is 4.08. The summed E-state index contributed by atoms with van der Waals surface area (Å²) in [4.78, 5) is 21.2. The summed E-state index contributed by atoms with van der Waals surface area (Å²) in [5, 5.41) is 19.0. The van der Waals surface area contributed by atoms with Crippen molar-refractivity contribution in [2.75, 3.05) is 24.5 Å². The van der Waals surface area contributed by atoms with E-state index in [1.807, 2.05) is 6.92 Å². The molecule has 7 nitrogen and oxygen atoms in total. The van der Waals surface area contributed by atoms with Gasteiger partial charge in [-0.05, 0) is 25.1 Å². The van der Waals surface area contributed by atoms with Gasteiger partial charge in [0.1, 0.15) is 0 Å². The number of hydrogen-bond acceptors (Lipinski definition) is 5. The molecule has 152 valence electrons. The molecule has 2 aromatic rings. The van der Waals surface area contributed by atoms with E-state index in [-0.39, 0.29) is 11.4 Å². The third kappa shape index (κ3) is 5.26. The number of carboxylic acids is 2. The van der Waals surface area contributed by atoms with Crippen molar-refractivity contribution in [1.29, 1.82) is 0 Å². The highest BCUT2D eigenvalue weighted by Gasteiger charge is 2.34. The second kappa shape index (κ2) is 8.79. The number of carboxylic acid groups (broad SMARTS) is 2. The molecule has 1 aromatic carbocycles. The number of rotatable bonds is 3. The SMILES string of the molecule is C[C@H]1CNCCN1c1ccc(C(F)(F)F)c2ccoc12.O=C(O)C=CC(=O)O. The van der Waals surface area contributed by atoms with Gasteiger partial charge < -0.3 is 24.8 Å². The Kier molecular flexibility index (Phi) is 6.68. The lowest BCUT2D eigenvalue weighted by atomic mass is 10.1. The lowest BCUT2D eigenvalue weighted by Gasteiger charge is -2.36. The zero-order valence-electron chi connectivity index (χ0n) is 14.9. The van der Waals surface area contributed by atoms with Crippen molar-refractivity contribution >= 4 is 28.6 Å². The number of benzene rings is 1. The number of fused-ring (bicyclic) bond motifs is 1. The van der Waals surface area contributed by atoms with Crippen molar-refractivity contribution in [2.24, 2.45) is 0 Å². The van der Waals surface area contributed by atoms with E-state index in [1.54, 1.807) is 0 Å². The second-order valence-electron chi connectivity index (χ2n) is 6.05. The van der Waals surface area contributed by atoms with Gasteiger partial charge in [-0.3, -0.25) is 0 Å². The van der Waals surface area contributed by atoms with E-state index in [1.165, 1.54) is 18.4 Å². The summed E-state index contributed by atoms with van der Waals surface area (Å²) in [6.45, 7) is 4.41. The van der Waals surface area contributed by atoms with Gasteiger partial charge in [-0.1, -0.05) is 0 Å². The van der Waals surface area contributed by atoms with Crippen LogP contribution in [0.2, 0.25) is 0 Å². The van der Waals surface area contributed by atoms with Crippen LogP contribution in [0.25, 0.3) is 11.0 Å². The highest BCUT2D eigenvalue weighted by atomic mass is 19.4. The molecule has 0 radical (unpaired) electrons. The topological polar surface area (TPSA) is 103 Å². The molecule has 0 amide bonds. The molecule has 10 heteroatoms. The van der Waals surface area contributed by atoms with E-state index in [9.17, 15) is 22.8 Å². The second-order valence-corrected chi connectivity index (χ2v) is 6.05. The van der Waals surface area contributed by atoms with E-state index < -0.39 is 23.7 Å². The Labute approximate surface area is 158 Å². The van der Waals surface area contributed by atoms with Crippen LogP contribution in [0.3, 0.4) is 0 Å². The van der Waals surface area contributed by atoms with Crippen molar-refractivity contribution in [2.45, 2.75) is 19.1 Å². The Morgan fingerprint density at radius 2 is 1.86 bits per heavy atom. The zero-order chi connectivity index (χ0) is 20.9. The number of piperazine rings is 1. The summed E-state index contributed by atoms with van der Waals surface area (Å²) in [7, 11) is 0. The lowest BCUT2D eigenvalue weighted by Crippen LogP contribution is -2.50. The fourth-order valence-corrected chi connectivity index (χ4v) is 2.86. The van der Waals surface area contributed by atoms with Gasteiger partial charge in [0.2, 0.25) is 0 Å². The first-order valence-corrected chi connectivity index (χ1v) is 8.30. The van der Waals surface area contributed by atoms with Gasteiger partial charge in [-0.25, -0.2) is 9.59 Å².